The van der Waals surface area contributed by atoms with Gasteiger partial charge in [0.25, 0.3) is 0 Å². The molecule has 0 N–H and O–H groups in total. The molecule has 0 bridgehead atoms. The van der Waals surface area contributed by atoms with Crippen LogP contribution in [0.1, 0.15) is 35.6 Å². The molecule has 0 saturated heterocycles. The molecule has 15 aromatic rings. The number of hydrogen-bond donors (Lipinski definition) is 0. The minimum atomic E-state index is 0.511. The molecule has 2 aliphatic carbocycles. The molecule has 0 aliphatic heterocycles. The summed E-state index contributed by atoms with van der Waals surface area (Å²) in [6, 6.07) is 107. The summed E-state index contributed by atoms with van der Waals surface area (Å²) in [6.45, 7) is 0. The number of pyridine rings is 2. The molecule has 0 unspecified atom stereocenters. The Labute approximate surface area is 603 Å². The fourth-order valence-corrected chi connectivity index (χ4v) is 13.7. The fraction of sp³-hybridized carbons (Fsp3) is 0.0213. The van der Waals surface area contributed by atoms with Gasteiger partial charge in [0.15, 0.2) is 34.9 Å². The van der Waals surface area contributed by atoms with Crippen LogP contribution in [0.3, 0.4) is 0 Å². The highest BCUT2D eigenvalue weighted by atomic mass is 35.5. The molecule has 4 heterocycles. The normalized spacial score (nSPS) is 12.5. The Balaban J connectivity index is 0.623. The van der Waals surface area contributed by atoms with Crippen LogP contribution in [-0.4, -0.2) is 39.9 Å². The summed E-state index contributed by atoms with van der Waals surface area (Å²) in [4.78, 5) is 40.7. The van der Waals surface area contributed by atoms with E-state index in [1.165, 1.54) is 11.1 Å². The third-order valence-corrected chi connectivity index (χ3v) is 18.9. The maximum atomic E-state index is 7.14. The Bertz CT molecular complexity index is 5900. The molecular weight excluding hydrogens is 1280 g/mol. The minimum Gasteiger partial charge on any atom is -0.255 e. The molecule has 9 heteroatoms. The summed E-state index contributed by atoms with van der Waals surface area (Å²) in [5, 5.41) is 0.644. The second-order valence-corrected chi connectivity index (χ2v) is 25.8. The highest BCUT2D eigenvalue weighted by molar-refractivity contribution is 6.31. The lowest BCUT2D eigenvalue weighted by atomic mass is 9.90. The van der Waals surface area contributed by atoms with E-state index in [1.54, 1.807) is 0 Å². The SMILES string of the molecule is Clc1cc(-c2ccccc2-c2ccc(-c3ccc(-c4nc(C5=CCCC(c6ccccc6)=C5)nc(-c5cccc(-c6ccccc6)c5)n4)cn3)cc2)cc(-c2ccccc2-c2ccc(-c3ccc(-c4nc(C5=CC(c6ccccc6)=C=C=C5)nc(-c5cccc(-c6ccccc6)c5)n4)cn3)cc2)c1. The standard InChI is InChI=1S/C94H61ClN8/c95-82-58-80(85-39-15-13-37-83(85)66-41-45-68(46-42-66)87-51-49-78(60-96-87)93-100-89(74-33-17-29-70(53-74)62-21-5-1-6-22-62)98-90(101-93)75-34-18-30-71(54-75)63-23-7-2-8-24-63)57-81(59-82)86-40-16-14-38-84(86)67-43-47-69(48-44-67)88-52-50-79(61-97-88)94-102-91(76-35-19-31-72(55-76)64-25-9-3-10-26-64)99-92(103-94)77-36-20-32-73(56-77)65-27-11-4-12-28-65/h1-17,19,21-29,31,33-61H,18,30H2. The van der Waals surface area contributed by atoms with Crippen LogP contribution < -0.4 is 0 Å². The average molecular weight is 1340 g/mol. The maximum Gasteiger partial charge on any atom is 0.165 e. The second kappa shape index (κ2) is 28.4. The third-order valence-electron chi connectivity index (χ3n) is 18.7. The molecule has 0 radical (unpaired) electrons. The van der Waals surface area contributed by atoms with Gasteiger partial charge in [-0.25, -0.2) is 29.9 Å². The number of halogens is 1. The van der Waals surface area contributed by atoms with Crippen molar-refractivity contribution in [3.8, 4) is 135 Å². The van der Waals surface area contributed by atoms with Crippen molar-refractivity contribution < 1.29 is 0 Å². The monoisotopic (exact) mass is 1340 g/mol. The van der Waals surface area contributed by atoms with Crippen molar-refractivity contribution in [3.05, 3.63) is 385 Å². The number of hydrogen-bond acceptors (Lipinski definition) is 8. The number of aromatic nitrogens is 8. The molecule has 8 nitrogen and oxygen atoms in total. The van der Waals surface area contributed by atoms with E-state index in [4.69, 9.17) is 51.5 Å². The zero-order valence-electron chi connectivity index (χ0n) is 55.8. The topological polar surface area (TPSA) is 103 Å². The molecule has 2 aliphatic rings. The molecule has 0 spiro atoms. The predicted octanol–water partition coefficient (Wildman–Crippen LogP) is 23.6. The quantitative estimate of drug-likeness (QED) is 0.0882. The molecule has 0 amide bonds. The van der Waals surface area contributed by atoms with Crippen LogP contribution in [0.4, 0.5) is 0 Å². The summed E-state index contributed by atoms with van der Waals surface area (Å²) >= 11 is 7.14. The number of allylic oxidation sites excluding steroid dienone is 8. The Hall–Kier alpha value is -13.5. The molecule has 4 aromatic heterocycles. The minimum absolute atomic E-state index is 0.511. The fourth-order valence-electron chi connectivity index (χ4n) is 13.4. The van der Waals surface area contributed by atoms with Crippen LogP contribution in [0.15, 0.2) is 358 Å². The van der Waals surface area contributed by atoms with E-state index in [0.717, 1.165) is 147 Å². The highest BCUT2D eigenvalue weighted by Crippen LogP contribution is 2.41. The summed E-state index contributed by atoms with van der Waals surface area (Å²) in [5.74, 6) is 3.38. The van der Waals surface area contributed by atoms with Crippen molar-refractivity contribution >= 4 is 33.9 Å². The van der Waals surface area contributed by atoms with Gasteiger partial charge >= 0.3 is 0 Å². The maximum absolute atomic E-state index is 7.14. The van der Waals surface area contributed by atoms with Crippen LogP contribution in [0.5, 0.6) is 0 Å². The molecule has 17 rings (SSSR count). The van der Waals surface area contributed by atoms with E-state index < -0.39 is 0 Å². The molecule has 0 atom stereocenters. The number of rotatable bonds is 16. The average Bonchev–Trinajstić information content (AvgIpc) is 0.792. The van der Waals surface area contributed by atoms with Gasteiger partial charge in [0.2, 0.25) is 0 Å². The summed E-state index contributed by atoms with van der Waals surface area (Å²) < 4.78 is 0. The van der Waals surface area contributed by atoms with Gasteiger partial charge in [-0.05, 0) is 169 Å². The zero-order chi connectivity index (χ0) is 68.8. The van der Waals surface area contributed by atoms with Crippen molar-refractivity contribution in [2.24, 2.45) is 0 Å². The molecule has 0 fully saturated rings. The first-order valence-electron chi connectivity index (χ1n) is 34.3. The van der Waals surface area contributed by atoms with Gasteiger partial charge in [0.1, 0.15) is 0 Å². The van der Waals surface area contributed by atoms with Crippen molar-refractivity contribution in [1.82, 2.24) is 39.9 Å². The smallest absolute Gasteiger partial charge is 0.165 e. The van der Waals surface area contributed by atoms with E-state index in [9.17, 15) is 0 Å². The Morgan fingerprint density at radius 2 is 0.641 bits per heavy atom. The summed E-state index contributed by atoms with van der Waals surface area (Å²) in [5.41, 5.74) is 32.5. The lowest BCUT2D eigenvalue weighted by Gasteiger charge is -2.15. The van der Waals surface area contributed by atoms with E-state index in [0.29, 0.717) is 40.0 Å². The summed E-state index contributed by atoms with van der Waals surface area (Å²) in [6.07, 6.45) is 13.9. The van der Waals surface area contributed by atoms with Crippen molar-refractivity contribution in [1.29, 1.82) is 0 Å². The van der Waals surface area contributed by atoms with Gasteiger partial charge in [-0.15, -0.1) is 0 Å². The first-order valence-corrected chi connectivity index (χ1v) is 34.7. The first kappa shape index (κ1) is 63.0. The van der Waals surface area contributed by atoms with E-state index in [-0.39, 0.29) is 0 Å². The lowest BCUT2D eigenvalue weighted by molar-refractivity contribution is 1.01. The number of benzene rings is 11. The van der Waals surface area contributed by atoms with E-state index >= 15 is 0 Å². The molecule has 484 valence electrons. The van der Waals surface area contributed by atoms with Gasteiger partial charge in [-0.1, -0.05) is 284 Å². The van der Waals surface area contributed by atoms with E-state index in [1.807, 2.05) is 91.3 Å². The van der Waals surface area contributed by atoms with Crippen molar-refractivity contribution in [2.75, 3.05) is 0 Å². The highest BCUT2D eigenvalue weighted by Gasteiger charge is 2.21. The van der Waals surface area contributed by atoms with E-state index in [2.05, 4.69) is 266 Å². The number of nitrogens with zero attached hydrogens (tertiary/aromatic N) is 8. The van der Waals surface area contributed by atoms with Crippen LogP contribution in [0.25, 0.3) is 157 Å². The van der Waals surface area contributed by atoms with Gasteiger partial charge < -0.3 is 0 Å². The van der Waals surface area contributed by atoms with Crippen LogP contribution >= 0.6 is 11.6 Å². The Morgan fingerprint density at radius 3 is 1.11 bits per heavy atom. The molecular formula is C94H61ClN8. The lowest BCUT2D eigenvalue weighted by Crippen LogP contribution is -2.04. The summed E-state index contributed by atoms with van der Waals surface area (Å²) in [7, 11) is 0. The second-order valence-electron chi connectivity index (χ2n) is 25.4. The van der Waals surface area contributed by atoms with Crippen LogP contribution in [0.2, 0.25) is 5.02 Å². The third kappa shape index (κ3) is 13.6. The van der Waals surface area contributed by atoms with Gasteiger partial charge in [-0.3, -0.25) is 9.97 Å². The first-order chi connectivity index (χ1) is 50.9. The van der Waals surface area contributed by atoms with Gasteiger partial charge in [0.05, 0.1) is 11.4 Å². The Morgan fingerprint density at radius 1 is 0.272 bits per heavy atom. The van der Waals surface area contributed by atoms with Gasteiger partial charge in [0, 0.05) is 67.5 Å². The predicted molar refractivity (Wildman–Crippen MR) is 420 cm³/mol. The van der Waals surface area contributed by atoms with Crippen molar-refractivity contribution in [3.63, 3.8) is 0 Å². The molecule has 103 heavy (non-hydrogen) atoms. The molecule has 11 aromatic carbocycles. The van der Waals surface area contributed by atoms with Crippen LogP contribution in [0, 0.1) is 0 Å². The Kier molecular flexibility index (Phi) is 17.4. The zero-order valence-corrected chi connectivity index (χ0v) is 56.5. The molecule has 0 saturated carbocycles. The largest absolute Gasteiger partial charge is 0.255 e. The van der Waals surface area contributed by atoms with Crippen molar-refractivity contribution in [2.45, 2.75) is 12.8 Å². The van der Waals surface area contributed by atoms with Crippen LogP contribution in [-0.2, 0) is 0 Å². The van der Waals surface area contributed by atoms with Gasteiger partial charge in [-0.2, -0.15) is 0 Å².